The van der Waals surface area contributed by atoms with Gasteiger partial charge < -0.3 is 19.2 Å². The topological polar surface area (TPSA) is 77.6 Å². The first-order valence-corrected chi connectivity index (χ1v) is 9.25. The van der Waals surface area contributed by atoms with Crippen LogP contribution in [0.25, 0.3) is 0 Å². The number of nitrogens with one attached hydrogen (secondary N) is 1. The van der Waals surface area contributed by atoms with Gasteiger partial charge in [-0.3, -0.25) is 4.79 Å². The summed E-state index contributed by atoms with van der Waals surface area (Å²) in [5.74, 6) is 0.873. The molecule has 0 aliphatic heterocycles. The molecule has 1 aliphatic carbocycles. The van der Waals surface area contributed by atoms with Gasteiger partial charge in [-0.2, -0.15) is 0 Å². The van der Waals surface area contributed by atoms with E-state index < -0.39 is 5.97 Å². The molecule has 1 aromatic heterocycles. The number of rotatable bonds is 6. The third kappa shape index (κ3) is 3.67. The van der Waals surface area contributed by atoms with E-state index in [1.165, 1.54) is 0 Å². The number of aromatic nitrogens is 1. The van der Waals surface area contributed by atoms with Crippen molar-refractivity contribution in [1.82, 2.24) is 4.98 Å². The van der Waals surface area contributed by atoms with Crippen LogP contribution < -0.4 is 9.47 Å². The largest absolute Gasteiger partial charge is 0.493 e. The smallest absolute Gasteiger partial charge is 0.355 e. The third-order valence-corrected chi connectivity index (χ3v) is 5.12. The summed E-state index contributed by atoms with van der Waals surface area (Å²) >= 11 is 0. The second kappa shape index (κ2) is 8.33. The first-order chi connectivity index (χ1) is 13.5. The number of fused-ring (bicyclic) bond motifs is 1. The number of aromatic amines is 1. The molecule has 1 aromatic carbocycles. The minimum Gasteiger partial charge on any atom is -0.493 e. The van der Waals surface area contributed by atoms with Gasteiger partial charge >= 0.3 is 5.97 Å². The number of hydrogen-bond donors (Lipinski definition) is 1. The average molecular weight is 383 g/mol. The Bertz CT molecular complexity index is 925. The summed E-state index contributed by atoms with van der Waals surface area (Å²) in [5, 5.41) is 0. The number of hydrogen-bond acceptors (Lipinski definition) is 5. The van der Waals surface area contributed by atoms with Gasteiger partial charge in [-0.05, 0) is 49.4 Å². The molecule has 0 spiro atoms. The van der Waals surface area contributed by atoms with Gasteiger partial charge in [0.2, 0.25) is 0 Å². The van der Waals surface area contributed by atoms with Crippen molar-refractivity contribution >= 4 is 11.8 Å². The zero-order valence-corrected chi connectivity index (χ0v) is 16.6. The Hall–Kier alpha value is -3.02. The Morgan fingerprint density at radius 1 is 1.21 bits per heavy atom. The highest BCUT2D eigenvalue weighted by Gasteiger charge is 2.32. The van der Waals surface area contributed by atoms with Crippen molar-refractivity contribution in [3.8, 4) is 11.5 Å². The molecule has 1 aliphatic rings. The summed E-state index contributed by atoms with van der Waals surface area (Å²) in [6.45, 7) is 3.86. The first kappa shape index (κ1) is 19.7. The summed E-state index contributed by atoms with van der Waals surface area (Å²) in [4.78, 5) is 28.3. The summed E-state index contributed by atoms with van der Waals surface area (Å²) in [7, 11) is 3.18. The summed E-state index contributed by atoms with van der Waals surface area (Å²) in [6.07, 6.45) is 4.60. The van der Waals surface area contributed by atoms with Crippen LogP contribution in [0.2, 0.25) is 0 Å². The highest BCUT2D eigenvalue weighted by atomic mass is 16.5. The molecule has 0 radical (unpaired) electrons. The zero-order chi connectivity index (χ0) is 20.3. The number of Topliss-reactive ketones (excluding diaryl/α,β-unsaturated/α-hetero) is 1. The highest BCUT2D eigenvalue weighted by Crippen LogP contribution is 2.38. The molecule has 0 fully saturated rings. The van der Waals surface area contributed by atoms with E-state index in [9.17, 15) is 9.59 Å². The van der Waals surface area contributed by atoms with Gasteiger partial charge in [0.05, 0.1) is 14.2 Å². The van der Waals surface area contributed by atoms with E-state index in [1.807, 2.05) is 31.2 Å². The van der Waals surface area contributed by atoms with Crippen LogP contribution in [0.4, 0.5) is 0 Å². The van der Waals surface area contributed by atoms with E-state index in [2.05, 4.69) is 4.98 Å². The summed E-state index contributed by atoms with van der Waals surface area (Å²) in [5.41, 5.74) is 3.43. The highest BCUT2D eigenvalue weighted by molar-refractivity contribution is 6.03. The van der Waals surface area contributed by atoms with Crippen LogP contribution >= 0.6 is 0 Å². The van der Waals surface area contributed by atoms with Gasteiger partial charge in [0.25, 0.3) is 0 Å². The molecule has 0 unspecified atom stereocenters. The Morgan fingerprint density at radius 3 is 2.64 bits per heavy atom. The molecular weight excluding hydrogens is 358 g/mol. The number of methoxy groups -OCH3 is 2. The van der Waals surface area contributed by atoms with Crippen LogP contribution in [0, 0.1) is 6.92 Å². The predicted molar refractivity (Wildman–Crippen MR) is 106 cm³/mol. The number of ketones is 1. The molecule has 28 heavy (non-hydrogen) atoms. The van der Waals surface area contributed by atoms with Crippen LogP contribution in [0.5, 0.6) is 11.5 Å². The fraction of sp³-hybridized carbons (Fsp3) is 0.364. The zero-order valence-electron chi connectivity index (χ0n) is 16.6. The Morgan fingerprint density at radius 2 is 1.96 bits per heavy atom. The third-order valence-electron chi connectivity index (χ3n) is 5.12. The molecule has 1 atom stereocenters. The monoisotopic (exact) mass is 383 g/mol. The summed E-state index contributed by atoms with van der Waals surface area (Å²) < 4.78 is 15.9. The first-order valence-electron chi connectivity index (χ1n) is 9.25. The van der Waals surface area contributed by atoms with Gasteiger partial charge in [0.15, 0.2) is 17.3 Å². The normalized spacial score (nSPS) is 16.1. The number of allylic oxidation sites excluding steroid dienone is 1. The van der Waals surface area contributed by atoms with Crippen molar-refractivity contribution in [3.05, 3.63) is 58.4 Å². The molecule has 3 rings (SSSR count). The lowest BCUT2D eigenvalue weighted by atomic mass is 9.81. The molecular formula is C22H25NO5. The van der Waals surface area contributed by atoms with Crippen molar-refractivity contribution in [2.45, 2.75) is 32.6 Å². The lowest BCUT2D eigenvalue weighted by Gasteiger charge is -2.23. The van der Waals surface area contributed by atoms with E-state index in [4.69, 9.17) is 14.2 Å². The van der Waals surface area contributed by atoms with Gasteiger partial charge in [0.1, 0.15) is 12.3 Å². The molecule has 6 heteroatoms. The maximum absolute atomic E-state index is 12.8. The van der Waals surface area contributed by atoms with Gasteiger partial charge in [0, 0.05) is 17.7 Å². The molecule has 0 bridgehead atoms. The Balaban J connectivity index is 1.88. The number of H-pyrrole nitrogens is 1. The predicted octanol–water partition coefficient (Wildman–Crippen LogP) is 3.99. The van der Waals surface area contributed by atoms with Crippen molar-refractivity contribution in [2.24, 2.45) is 0 Å². The number of ether oxygens (including phenoxy) is 3. The summed E-state index contributed by atoms with van der Waals surface area (Å²) in [6, 6.07) is 5.70. The fourth-order valence-electron chi connectivity index (χ4n) is 3.67. The molecule has 1 N–H and O–H groups in total. The lowest BCUT2D eigenvalue weighted by Crippen LogP contribution is -2.18. The van der Waals surface area contributed by atoms with Crippen molar-refractivity contribution < 1.29 is 23.8 Å². The van der Waals surface area contributed by atoms with E-state index in [0.29, 0.717) is 41.2 Å². The number of esters is 1. The molecule has 148 valence electrons. The molecule has 0 saturated carbocycles. The minimum atomic E-state index is -0.444. The quantitative estimate of drug-likeness (QED) is 0.603. The van der Waals surface area contributed by atoms with Crippen LogP contribution in [0.1, 0.15) is 56.9 Å². The van der Waals surface area contributed by atoms with Crippen molar-refractivity contribution in [3.63, 3.8) is 0 Å². The second-order valence-electron chi connectivity index (χ2n) is 6.79. The molecule has 0 amide bonds. The van der Waals surface area contributed by atoms with Crippen LogP contribution in [0.3, 0.4) is 0 Å². The van der Waals surface area contributed by atoms with Crippen LogP contribution in [-0.4, -0.2) is 37.6 Å². The Kier molecular flexibility index (Phi) is 5.87. The number of carbonyl (C=O) groups excluding carboxylic acids is 2. The lowest BCUT2D eigenvalue weighted by molar-refractivity contribution is 0.0542. The maximum atomic E-state index is 12.8. The molecule has 0 saturated heterocycles. The van der Waals surface area contributed by atoms with E-state index >= 15 is 0 Å². The van der Waals surface area contributed by atoms with Gasteiger partial charge in [-0.1, -0.05) is 18.2 Å². The minimum absolute atomic E-state index is 0.00440. The molecule has 2 aromatic rings. The van der Waals surface area contributed by atoms with Crippen LogP contribution in [0.15, 0.2) is 30.4 Å². The standard InChI is InChI=1S/C22H25NO5/c1-5-6-9-28-22(25)21-13(2)20-16(23-21)10-15(11-17(20)24)14-7-8-18(26-3)19(12-14)27-4/h5-8,12,15,23H,9-11H2,1-4H3/b6-5+/t15-/m0/s1. The van der Waals surface area contributed by atoms with E-state index in [0.717, 1.165) is 11.3 Å². The van der Waals surface area contributed by atoms with Gasteiger partial charge in [-0.25, -0.2) is 4.79 Å². The number of benzene rings is 1. The van der Waals surface area contributed by atoms with E-state index in [-0.39, 0.29) is 18.3 Å². The average Bonchev–Trinajstić information content (AvgIpc) is 3.04. The van der Waals surface area contributed by atoms with Crippen LogP contribution in [-0.2, 0) is 11.2 Å². The molecule has 1 heterocycles. The number of carbonyl (C=O) groups is 2. The Labute approximate surface area is 164 Å². The molecule has 6 nitrogen and oxygen atoms in total. The fourth-order valence-corrected chi connectivity index (χ4v) is 3.67. The second-order valence-corrected chi connectivity index (χ2v) is 6.79. The van der Waals surface area contributed by atoms with Gasteiger partial charge in [-0.15, -0.1) is 0 Å². The van der Waals surface area contributed by atoms with Crippen molar-refractivity contribution in [1.29, 1.82) is 0 Å². The SMILES string of the molecule is C/C=C/COC(=O)c1[nH]c2c(c1C)C(=O)C[C@@H](c1ccc(OC)c(OC)c1)C2. The van der Waals surface area contributed by atoms with Crippen molar-refractivity contribution in [2.75, 3.05) is 20.8 Å². The maximum Gasteiger partial charge on any atom is 0.355 e. The van der Waals surface area contributed by atoms with E-state index in [1.54, 1.807) is 27.2 Å².